The van der Waals surface area contributed by atoms with Crippen LogP contribution < -0.4 is 11.1 Å². The van der Waals surface area contributed by atoms with Gasteiger partial charge in [-0.15, -0.1) is 0 Å². The van der Waals surface area contributed by atoms with Crippen LogP contribution in [0.25, 0.3) is 0 Å². The number of benzene rings is 1. The van der Waals surface area contributed by atoms with Gasteiger partial charge in [0, 0.05) is 5.92 Å². The van der Waals surface area contributed by atoms with Gasteiger partial charge in [0.2, 0.25) is 0 Å². The first-order valence-electron chi connectivity index (χ1n) is 6.13. The molecule has 5 heteroatoms. The monoisotopic (exact) mass is 252 g/mol. The number of halogens is 1. The van der Waals surface area contributed by atoms with E-state index in [1.54, 1.807) is 12.1 Å². The third-order valence-corrected chi connectivity index (χ3v) is 3.26. The smallest absolute Gasteiger partial charge is 0.411 e. The number of nitrogens with one attached hydrogen (secondary N) is 1. The van der Waals surface area contributed by atoms with Crippen molar-refractivity contribution in [1.82, 2.24) is 0 Å². The molecule has 0 radical (unpaired) electrons. The summed E-state index contributed by atoms with van der Waals surface area (Å²) in [5.74, 6) is -0.257. The van der Waals surface area contributed by atoms with Crippen LogP contribution in [0.1, 0.15) is 19.3 Å². The van der Waals surface area contributed by atoms with Gasteiger partial charge in [-0.05, 0) is 37.9 Å². The fourth-order valence-corrected chi connectivity index (χ4v) is 2.27. The lowest BCUT2D eigenvalue weighted by Gasteiger charge is -2.18. The number of carbonyl (C=O) groups is 1. The van der Waals surface area contributed by atoms with E-state index in [9.17, 15) is 9.18 Å². The average Bonchev–Trinajstić information content (AvgIpc) is 2.79. The zero-order chi connectivity index (χ0) is 13.0. The standard InChI is InChI=1S/C13H17FN2O2/c14-10-5-1-2-6-11(10)16-13(17)18-12-7-3-4-9(12)8-15/h1-2,5-6,9,12H,3-4,7-8,15H2,(H,16,17). The zero-order valence-electron chi connectivity index (χ0n) is 10.1. The molecule has 0 saturated heterocycles. The van der Waals surface area contributed by atoms with Crippen LogP contribution in [0.2, 0.25) is 0 Å². The van der Waals surface area contributed by atoms with Crippen molar-refractivity contribution < 1.29 is 13.9 Å². The minimum Gasteiger partial charge on any atom is -0.446 e. The highest BCUT2D eigenvalue weighted by molar-refractivity contribution is 5.84. The molecule has 98 valence electrons. The van der Waals surface area contributed by atoms with Crippen LogP contribution in [-0.2, 0) is 4.74 Å². The van der Waals surface area contributed by atoms with Crippen molar-refractivity contribution in [2.75, 3.05) is 11.9 Å². The Balaban J connectivity index is 1.91. The van der Waals surface area contributed by atoms with Crippen molar-refractivity contribution in [1.29, 1.82) is 0 Å². The van der Waals surface area contributed by atoms with Gasteiger partial charge < -0.3 is 10.5 Å². The number of para-hydroxylation sites is 1. The molecule has 1 saturated carbocycles. The van der Waals surface area contributed by atoms with Crippen molar-refractivity contribution in [3.8, 4) is 0 Å². The largest absolute Gasteiger partial charge is 0.446 e. The lowest BCUT2D eigenvalue weighted by molar-refractivity contribution is 0.0892. The lowest BCUT2D eigenvalue weighted by Crippen LogP contribution is -2.29. The molecule has 2 rings (SSSR count). The summed E-state index contributed by atoms with van der Waals surface area (Å²) >= 11 is 0. The van der Waals surface area contributed by atoms with E-state index < -0.39 is 11.9 Å². The number of anilines is 1. The van der Waals surface area contributed by atoms with Crippen molar-refractivity contribution in [3.63, 3.8) is 0 Å². The maximum absolute atomic E-state index is 13.3. The Labute approximate surface area is 105 Å². The number of nitrogens with two attached hydrogens (primary N) is 1. The third kappa shape index (κ3) is 2.98. The van der Waals surface area contributed by atoms with Gasteiger partial charge >= 0.3 is 6.09 Å². The van der Waals surface area contributed by atoms with E-state index in [0.717, 1.165) is 19.3 Å². The van der Waals surface area contributed by atoms with E-state index in [-0.39, 0.29) is 17.7 Å². The molecular formula is C13H17FN2O2. The van der Waals surface area contributed by atoms with E-state index in [0.29, 0.717) is 6.54 Å². The molecule has 0 bridgehead atoms. The number of amides is 1. The second-order valence-corrected chi connectivity index (χ2v) is 4.48. The minimum atomic E-state index is -0.620. The van der Waals surface area contributed by atoms with Crippen LogP contribution in [0.4, 0.5) is 14.9 Å². The predicted octanol–water partition coefficient (Wildman–Crippen LogP) is 2.50. The van der Waals surface area contributed by atoms with Crippen LogP contribution in [0.5, 0.6) is 0 Å². The van der Waals surface area contributed by atoms with Gasteiger partial charge in [-0.25, -0.2) is 9.18 Å². The number of carbonyl (C=O) groups excluding carboxylic acids is 1. The number of hydrogen-bond acceptors (Lipinski definition) is 3. The van der Waals surface area contributed by atoms with Crippen molar-refractivity contribution in [3.05, 3.63) is 30.1 Å². The van der Waals surface area contributed by atoms with Crippen LogP contribution in [0, 0.1) is 11.7 Å². The fraction of sp³-hybridized carbons (Fsp3) is 0.462. The highest BCUT2D eigenvalue weighted by Crippen LogP contribution is 2.27. The normalized spacial score (nSPS) is 22.8. The van der Waals surface area contributed by atoms with E-state index in [1.807, 2.05) is 0 Å². The third-order valence-electron chi connectivity index (χ3n) is 3.26. The summed E-state index contributed by atoms with van der Waals surface area (Å²) in [6.07, 6.45) is 2.05. The Morgan fingerprint density at radius 1 is 1.44 bits per heavy atom. The molecule has 1 aromatic rings. The van der Waals surface area contributed by atoms with Gasteiger partial charge in [0.25, 0.3) is 0 Å². The molecule has 1 aliphatic carbocycles. The van der Waals surface area contributed by atoms with Gasteiger partial charge in [-0.3, -0.25) is 5.32 Å². The molecule has 1 aromatic carbocycles. The summed E-state index contributed by atoms with van der Waals surface area (Å²) in [4.78, 5) is 11.6. The van der Waals surface area contributed by atoms with Crippen LogP contribution in [0.15, 0.2) is 24.3 Å². The summed E-state index contributed by atoms with van der Waals surface area (Å²) in [5, 5.41) is 2.40. The first-order chi connectivity index (χ1) is 8.70. The predicted molar refractivity (Wildman–Crippen MR) is 66.7 cm³/mol. The van der Waals surface area contributed by atoms with Gasteiger partial charge in [0.1, 0.15) is 11.9 Å². The Hall–Kier alpha value is -1.62. The maximum Gasteiger partial charge on any atom is 0.411 e. The Bertz CT molecular complexity index is 425. The Morgan fingerprint density at radius 3 is 2.94 bits per heavy atom. The molecular weight excluding hydrogens is 235 g/mol. The molecule has 2 unspecified atom stereocenters. The summed E-state index contributed by atoms with van der Waals surface area (Å²) in [5.41, 5.74) is 5.73. The lowest BCUT2D eigenvalue weighted by atomic mass is 10.1. The van der Waals surface area contributed by atoms with Gasteiger partial charge in [0.05, 0.1) is 5.69 Å². The molecule has 2 atom stereocenters. The molecule has 0 spiro atoms. The average molecular weight is 252 g/mol. The first kappa shape index (κ1) is 12.8. The molecule has 3 N–H and O–H groups in total. The summed E-state index contributed by atoms with van der Waals surface area (Å²) in [6, 6.07) is 5.99. The number of hydrogen-bond donors (Lipinski definition) is 2. The minimum absolute atomic E-state index is 0.129. The highest BCUT2D eigenvalue weighted by atomic mass is 19.1. The summed E-state index contributed by atoms with van der Waals surface area (Å²) in [6.45, 7) is 0.512. The van der Waals surface area contributed by atoms with E-state index in [1.165, 1.54) is 12.1 Å². The molecule has 0 aromatic heterocycles. The molecule has 18 heavy (non-hydrogen) atoms. The topological polar surface area (TPSA) is 64.3 Å². The van der Waals surface area contributed by atoms with Crippen molar-refractivity contribution >= 4 is 11.8 Å². The fourth-order valence-electron chi connectivity index (χ4n) is 2.27. The zero-order valence-corrected chi connectivity index (χ0v) is 10.1. The quantitative estimate of drug-likeness (QED) is 0.868. The molecule has 0 heterocycles. The molecule has 0 aliphatic heterocycles. The first-order valence-corrected chi connectivity index (χ1v) is 6.13. The van der Waals surface area contributed by atoms with Gasteiger partial charge in [0.15, 0.2) is 0 Å². The number of ether oxygens (including phenoxy) is 1. The molecule has 4 nitrogen and oxygen atoms in total. The molecule has 1 fully saturated rings. The van der Waals surface area contributed by atoms with Crippen LogP contribution in [0.3, 0.4) is 0 Å². The van der Waals surface area contributed by atoms with Gasteiger partial charge in [-0.1, -0.05) is 12.1 Å². The Morgan fingerprint density at radius 2 is 2.22 bits per heavy atom. The maximum atomic E-state index is 13.3. The summed E-state index contributed by atoms with van der Waals surface area (Å²) in [7, 11) is 0. The SMILES string of the molecule is NCC1CCCC1OC(=O)Nc1ccccc1F. The van der Waals surface area contributed by atoms with Crippen molar-refractivity contribution in [2.24, 2.45) is 11.7 Å². The van der Waals surface area contributed by atoms with Crippen molar-refractivity contribution in [2.45, 2.75) is 25.4 Å². The van der Waals surface area contributed by atoms with E-state index >= 15 is 0 Å². The van der Waals surface area contributed by atoms with Crippen LogP contribution in [-0.4, -0.2) is 18.7 Å². The van der Waals surface area contributed by atoms with Crippen LogP contribution >= 0.6 is 0 Å². The van der Waals surface area contributed by atoms with E-state index in [2.05, 4.69) is 5.32 Å². The molecule has 1 amide bonds. The second-order valence-electron chi connectivity index (χ2n) is 4.48. The van der Waals surface area contributed by atoms with E-state index in [4.69, 9.17) is 10.5 Å². The Kier molecular flexibility index (Phi) is 4.15. The summed E-state index contributed by atoms with van der Waals surface area (Å²) < 4.78 is 18.6. The van der Waals surface area contributed by atoms with Gasteiger partial charge in [-0.2, -0.15) is 0 Å². The highest BCUT2D eigenvalue weighted by Gasteiger charge is 2.29. The second kappa shape index (κ2) is 5.82. The molecule has 1 aliphatic rings. The number of rotatable bonds is 3.